The highest BCUT2D eigenvalue weighted by molar-refractivity contribution is 6.37. The van der Waals surface area contributed by atoms with Crippen LogP contribution in [0.3, 0.4) is 0 Å². The van der Waals surface area contributed by atoms with E-state index in [0.29, 0.717) is 21.4 Å². The van der Waals surface area contributed by atoms with Gasteiger partial charge in [0.15, 0.2) is 0 Å². The number of rotatable bonds is 4. The molecule has 1 aromatic carbocycles. The van der Waals surface area contributed by atoms with Gasteiger partial charge >= 0.3 is 0 Å². The normalized spacial score (nSPS) is 20.5. The van der Waals surface area contributed by atoms with E-state index in [9.17, 15) is 9.90 Å². The Hall–Kier alpha value is -1.01. The standard InChI is InChI=1S/C14H19Cl2N3O2/c1-8(20)9-2-3-19(6-9)7-13(21)18-14-11(16)4-10(15)5-12(14)17/h4-5,8-9,20H,2-3,6-7,17H2,1H3,(H,18,21). The zero-order valence-corrected chi connectivity index (χ0v) is 13.3. The van der Waals surface area contributed by atoms with E-state index in [-0.39, 0.29) is 24.5 Å². The van der Waals surface area contributed by atoms with Gasteiger partial charge in [-0.25, -0.2) is 0 Å². The average Bonchev–Trinajstić information content (AvgIpc) is 2.82. The first kappa shape index (κ1) is 16.4. The second-order valence-corrected chi connectivity index (χ2v) is 6.27. The number of nitrogens with two attached hydrogens (primary N) is 1. The fraction of sp³-hybridized carbons (Fsp3) is 0.500. The molecule has 4 N–H and O–H groups in total. The number of nitrogens with one attached hydrogen (secondary N) is 1. The van der Waals surface area contributed by atoms with Crippen LogP contribution in [0.5, 0.6) is 0 Å². The molecule has 1 aromatic rings. The molecule has 0 saturated carbocycles. The molecule has 1 fully saturated rings. The third-order valence-electron chi connectivity index (χ3n) is 3.71. The summed E-state index contributed by atoms with van der Waals surface area (Å²) in [6.45, 7) is 3.55. The summed E-state index contributed by atoms with van der Waals surface area (Å²) in [7, 11) is 0. The molecule has 0 aromatic heterocycles. The topological polar surface area (TPSA) is 78.6 Å². The highest BCUT2D eigenvalue weighted by atomic mass is 35.5. The summed E-state index contributed by atoms with van der Waals surface area (Å²) >= 11 is 11.9. The number of likely N-dealkylation sites (tertiary alicyclic amines) is 1. The maximum atomic E-state index is 12.1. The molecular formula is C14H19Cl2N3O2. The molecule has 1 amide bonds. The largest absolute Gasteiger partial charge is 0.397 e. The zero-order chi connectivity index (χ0) is 15.6. The Kier molecular flexibility index (Phi) is 5.32. The summed E-state index contributed by atoms with van der Waals surface area (Å²) < 4.78 is 0. The quantitative estimate of drug-likeness (QED) is 0.739. The molecule has 2 unspecified atom stereocenters. The highest BCUT2D eigenvalue weighted by Crippen LogP contribution is 2.32. The first-order valence-electron chi connectivity index (χ1n) is 6.81. The van der Waals surface area contributed by atoms with Crippen molar-refractivity contribution < 1.29 is 9.90 Å². The highest BCUT2D eigenvalue weighted by Gasteiger charge is 2.27. The smallest absolute Gasteiger partial charge is 0.238 e. The Bertz CT molecular complexity index is 514. The summed E-state index contributed by atoms with van der Waals surface area (Å²) in [5.74, 6) is 0.0409. The lowest BCUT2D eigenvalue weighted by molar-refractivity contribution is -0.117. The van der Waals surface area contributed by atoms with E-state index in [1.54, 1.807) is 13.0 Å². The average molecular weight is 332 g/mol. The number of nitrogens with zero attached hydrogens (tertiary/aromatic N) is 1. The lowest BCUT2D eigenvalue weighted by Gasteiger charge is -2.17. The van der Waals surface area contributed by atoms with Crippen molar-refractivity contribution in [2.75, 3.05) is 30.7 Å². The molecule has 0 aliphatic carbocycles. The van der Waals surface area contributed by atoms with E-state index in [1.807, 2.05) is 4.90 Å². The number of benzene rings is 1. The van der Waals surface area contributed by atoms with Gasteiger partial charge in [-0.1, -0.05) is 23.2 Å². The first-order valence-corrected chi connectivity index (χ1v) is 7.57. The number of carbonyl (C=O) groups excluding carboxylic acids is 1. The van der Waals surface area contributed by atoms with Crippen molar-refractivity contribution in [3.63, 3.8) is 0 Å². The van der Waals surface area contributed by atoms with E-state index < -0.39 is 0 Å². The molecule has 1 aliphatic rings. The lowest BCUT2D eigenvalue weighted by atomic mass is 10.0. The van der Waals surface area contributed by atoms with Gasteiger partial charge in [0.2, 0.25) is 5.91 Å². The van der Waals surface area contributed by atoms with Crippen LogP contribution in [0.1, 0.15) is 13.3 Å². The number of hydrogen-bond donors (Lipinski definition) is 3. The molecule has 2 atom stereocenters. The third-order valence-corrected chi connectivity index (χ3v) is 4.22. The second-order valence-electron chi connectivity index (χ2n) is 5.42. The Morgan fingerprint density at radius 3 is 2.86 bits per heavy atom. The van der Waals surface area contributed by atoms with E-state index >= 15 is 0 Å². The number of halogens is 2. The summed E-state index contributed by atoms with van der Waals surface area (Å²) in [4.78, 5) is 14.1. The molecule has 1 heterocycles. The molecule has 2 rings (SSSR count). The van der Waals surface area contributed by atoms with Crippen LogP contribution in [0, 0.1) is 5.92 Å². The second kappa shape index (κ2) is 6.83. The van der Waals surface area contributed by atoms with E-state index in [4.69, 9.17) is 28.9 Å². The summed E-state index contributed by atoms with van der Waals surface area (Å²) in [5, 5.41) is 13.0. The minimum absolute atomic E-state index is 0.183. The lowest BCUT2D eigenvalue weighted by Crippen LogP contribution is -2.32. The van der Waals surface area contributed by atoms with Gasteiger partial charge in [0.25, 0.3) is 0 Å². The van der Waals surface area contributed by atoms with Gasteiger partial charge in [-0.15, -0.1) is 0 Å². The SMILES string of the molecule is CC(O)C1CCN(CC(=O)Nc2c(N)cc(Cl)cc2Cl)C1. The molecule has 5 nitrogen and oxygen atoms in total. The van der Waals surface area contributed by atoms with Gasteiger partial charge in [-0.05, 0) is 37.9 Å². The van der Waals surface area contributed by atoms with Crippen LogP contribution in [-0.4, -0.2) is 41.7 Å². The minimum Gasteiger partial charge on any atom is -0.397 e. The third kappa shape index (κ3) is 4.23. The van der Waals surface area contributed by atoms with Gasteiger partial charge in [-0.2, -0.15) is 0 Å². The molecule has 0 radical (unpaired) electrons. The van der Waals surface area contributed by atoms with E-state index in [2.05, 4.69) is 5.32 Å². The van der Waals surface area contributed by atoms with E-state index in [0.717, 1.165) is 19.5 Å². The van der Waals surface area contributed by atoms with Crippen LogP contribution in [0.25, 0.3) is 0 Å². The summed E-state index contributed by atoms with van der Waals surface area (Å²) in [6.07, 6.45) is 0.550. The molecule has 0 spiro atoms. The fourth-order valence-electron chi connectivity index (χ4n) is 2.51. The van der Waals surface area contributed by atoms with Crippen LogP contribution in [0.15, 0.2) is 12.1 Å². The minimum atomic E-state index is -0.348. The molecule has 1 saturated heterocycles. The maximum Gasteiger partial charge on any atom is 0.238 e. The predicted molar refractivity (Wildman–Crippen MR) is 85.7 cm³/mol. The Morgan fingerprint density at radius 2 is 2.29 bits per heavy atom. The zero-order valence-electron chi connectivity index (χ0n) is 11.8. The number of amides is 1. The molecule has 0 bridgehead atoms. The number of aliphatic hydroxyl groups is 1. The Balaban J connectivity index is 1.94. The molecule has 7 heteroatoms. The molecule has 1 aliphatic heterocycles. The van der Waals surface area contributed by atoms with Crippen LogP contribution >= 0.6 is 23.2 Å². The Morgan fingerprint density at radius 1 is 1.57 bits per heavy atom. The monoisotopic (exact) mass is 331 g/mol. The van der Waals surface area contributed by atoms with Crippen LogP contribution in [0.2, 0.25) is 10.0 Å². The molecule has 116 valence electrons. The number of hydrogen-bond acceptors (Lipinski definition) is 4. The summed E-state index contributed by atoms with van der Waals surface area (Å²) in [6, 6.07) is 3.08. The molecular weight excluding hydrogens is 313 g/mol. The van der Waals surface area contributed by atoms with Crippen molar-refractivity contribution in [1.82, 2.24) is 4.90 Å². The molecule has 21 heavy (non-hydrogen) atoms. The van der Waals surface area contributed by atoms with Crippen molar-refractivity contribution >= 4 is 40.5 Å². The first-order chi connectivity index (χ1) is 9.86. The van der Waals surface area contributed by atoms with Crippen molar-refractivity contribution in [3.8, 4) is 0 Å². The summed E-state index contributed by atoms with van der Waals surface area (Å²) in [5.41, 5.74) is 6.53. The fourth-order valence-corrected chi connectivity index (χ4v) is 3.06. The predicted octanol–water partition coefficient (Wildman–Crippen LogP) is 2.22. The number of carbonyl (C=O) groups is 1. The maximum absolute atomic E-state index is 12.1. The van der Waals surface area contributed by atoms with Crippen molar-refractivity contribution in [1.29, 1.82) is 0 Å². The van der Waals surface area contributed by atoms with Gasteiger partial charge in [0.05, 0.1) is 29.0 Å². The number of nitrogen functional groups attached to an aromatic ring is 1. The van der Waals surface area contributed by atoms with Gasteiger partial charge in [0.1, 0.15) is 0 Å². The van der Waals surface area contributed by atoms with Crippen LogP contribution < -0.4 is 11.1 Å². The number of aliphatic hydroxyl groups excluding tert-OH is 1. The van der Waals surface area contributed by atoms with E-state index in [1.165, 1.54) is 6.07 Å². The van der Waals surface area contributed by atoms with Gasteiger partial charge in [-0.3, -0.25) is 9.69 Å². The Labute approximate surface area is 134 Å². The van der Waals surface area contributed by atoms with Gasteiger partial charge in [0, 0.05) is 11.6 Å². The van der Waals surface area contributed by atoms with Crippen LogP contribution in [-0.2, 0) is 4.79 Å². The van der Waals surface area contributed by atoms with Crippen molar-refractivity contribution in [2.24, 2.45) is 5.92 Å². The van der Waals surface area contributed by atoms with Crippen molar-refractivity contribution in [3.05, 3.63) is 22.2 Å². The van der Waals surface area contributed by atoms with Crippen LogP contribution in [0.4, 0.5) is 11.4 Å². The van der Waals surface area contributed by atoms with Gasteiger partial charge < -0.3 is 16.2 Å². The number of anilines is 2. The van der Waals surface area contributed by atoms with Crippen molar-refractivity contribution in [2.45, 2.75) is 19.4 Å².